The van der Waals surface area contributed by atoms with Gasteiger partial charge in [0, 0.05) is 24.1 Å². The molecule has 0 bridgehead atoms. The maximum atomic E-state index is 5.68. The summed E-state index contributed by atoms with van der Waals surface area (Å²) in [7, 11) is 0. The number of aromatic amines is 1. The Morgan fingerprint density at radius 2 is 1.81 bits per heavy atom. The van der Waals surface area contributed by atoms with E-state index in [1.54, 1.807) is 0 Å². The van der Waals surface area contributed by atoms with Crippen LogP contribution in [0.2, 0.25) is 0 Å². The number of rotatable bonds is 4. The van der Waals surface area contributed by atoms with Crippen molar-refractivity contribution in [3.63, 3.8) is 0 Å². The highest BCUT2D eigenvalue weighted by atomic mass is 16.6. The molecule has 0 fully saturated rings. The van der Waals surface area contributed by atoms with Gasteiger partial charge in [-0.25, -0.2) is 9.50 Å². The fourth-order valence-corrected chi connectivity index (χ4v) is 3.39. The van der Waals surface area contributed by atoms with Crippen molar-refractivity contribution < 1.29 is 9.47 Å². The number of H-pyrrole nitrogens is 1. The minimum absolute atomic E-state index is 0.0253. The second-order valence-corrected chi connectivity index (χ2v) is 7.41. The van der Waals surface area contributed by atoms with Crippen LogP contribution in [0.3, 0.4) is 0 Å². The van der Waals surface area contributed by atoms with Gasteiger partial charge in [0.1, 0.15) is 13.2 Å². The molecule has 3 heterocycles. The molecule has 7 heteroatoms. The fourth-order valence-electron chi connectivity index (χ4n) is 3.39. The second-order valence-electron chi connectivity index (χ2n) is 7.41. The lowest BCUT2D eigenvalue weighted by Crippen LogP contribution is -2.27. The van der Waals surface area contributed by atoms with E-state index in [-0.39, 0.29) is 5.41 Å². The molecule has 1 aliphatic rings. The Balaban J connectivity index is 1.43. The predicted molar refractivity (Wildman–Crippen MR) is 104 cm³/mol. The number of aromatic nitrogens is 4. The number of nitrogens with zero attached hydrogens (tertiary/aromatic N) is 3. The van der Waals surface area contributed by atoms with E-state index in [9.17, 15) is 0 Å². The van der Waals surface area contributed by atoms with Crippen molar-refractivity contribution in [1.29, 1.82) is 0 Å². The molecule has 0 radical (unpaired) electrons. The van der Waals surface area contributed by atoms with Crippen LogP contribution in [0, 0.1) is 0 Å². The molecule has 0 aliphatic carbocycles. The summed E-state index contributed by atoms with van der Waals surface area (Å²) in [4.78, 5) is 9.17. The van der Waals surface area contributed by atoms with E-state index in [0.29, 0.717) is 24.9 Å². The number of anilines is 1. The summed E-state index contributed by atoms with van der Waals surface area (Å²) in [6, 6.07) is 14.3. The molecule has 2 aromatic heterocycles. The Morgan fingerprint density at radius 1 is 1.07 bits per heavy atom. The molecular weight excluding hydrogens is 342 g/mol. The lowest BCUT2D eigenvalue weighted by atomic mass is 9.85. The summed E-state index contributed by atoms with van der Waals surface area (Å²) in [5.41, 5.74) is 3.00. The van der Waals surface area contributed by atoms with Crippen molar-refractivity contribution in [2.45, 2.75) is 19.3 Å². The Labute approximate surface area is 156 Å². The van der Waals surface area contributed by atoms with E-state index < -0.39 is 0 Å². The zero-order valence-electron chi connectivity index (χ0n) is 15.3. The number of hydrogen-bond acceptors (Lipinski definition) is 5. The van der Waals surface area contributed by atoms with Gasteiger partial charge in [-0.1, -0.05) is 44.2 Å². The SMILES string of the molecule is CC(C)(CNc1nc2nc3cc4c(cc3n2[nH]1)OCCO4)c1ccccc1. The molecule has 27 heavy (non-hydrogen) atoms. The number of fused-ring (bicyclic) bond motifs is 4. The molecule has 0 atom stereocenters. The predicted octanol–water partition coefficient (Wildman–Crippen LogP) is 3.37. The molecule has 4 aromatic rings. The second kappa shape index (κ2) is 5.90. The molecule has 0 unspecified atom stereocenters. The molecule has 1 aliphatic heterocycles. The van der Waals surface area contributed by atoms with Crippen LogP contribution in [0.1, 0.15) is 19.4 Å². The minimum Gasteiger partial charge on any atom is -0.486 e. The zero-order chi connectivity index (χ0) is 18.4. The molecule has 0 amide bonds. The number of imidazole rings is 1. The van der Waals surface area contributed by atoms with Gasteiger partial charge in [-0.05, 0) is 5.56 Å². The van der Waals surface area contributed by atoms with E-state index in [4.69, 9.17) is 9.47 Å². The smallest absolute Gasteiger partial charge is 0.253 e. The third kappa shape index (κ3) is 2.75. The van der Waals surface area contributed by atoms with Gasteiger partial charge >= 0.3 is 0 Å². The van der Waals surface area contributed by atoms with E-state index in [0.717, 1.165) is 29.1 Å². The Kier molecular flexibility index (Phi) is 3.50. The Bertz CT molecular complexity index is 1110. The first-order valence-electron chi connectivity index (χ1n) is 9.07. The van der Waals surface area contributed by atoms with Crippen LogP contribution < -0.4 is 14.8 Å². The number of hydrogen-bond donors (Lipinski definition) is 2. The standard InChI is InChI=1S/C20H21N5O2/c1-20(2,13-6-4-3-5-7-13)12-21-18-23-19-22-14-10-16-17(27-9-8-26-16)11-15(14)25(19)24-18/h3-7,10-11H,8-9,12H2,1-2H3,(H2,21,22,23,24). The van der Waals surface area contributed by atoms with Crippen LogP contribution in [0.5, 0.6) is 11.5 Å². The van der Waals surface area contributed by atoms with E-state index in [1.165, 1.54) is 5.56 Å². The zero-order valence-corrected chi connectivity index (χ0v) is 15.3. The first kappa shape index (κ1) is 16.0. The van der Waals surface area contributed by atoms with Crippen LogP contribution in [0.4, 0.5) is 5.95 Å². The maximum Gasteiger partial charge on any atom is 0.253 e. The Hall–Kier alpha value is -3.22. The quantitative estimate of drug-likeness (QED) is 0.581. The highest BCUT2D eigenvalue weighted by molar-refractivity contribution is 5.83. The third-order valence-corrected chi connectivity index (χ3v) is 4.98. The summed E-state index contributed by atoms with van der Waals surface area (Å²) in [6.45, 7) is 6.29. The van der Waals surface area contributed by atoms with Crippen molar-refractivity contribution >= 4 is 22.8 Å². The molecule has 138 valence electrons. The van der Waals surface area contributed by atoms with E-state index in [2.05, 4.69) is 58.5 Å². The Morgan fingerprint density at radius 3 is 2.59 bits per heavy atom. The maximum absolute atomic E-state index is 5.68. The fraction of sp³-hybridized carbons (Fsp3) is 0.300. The molecule has 0 saturated carbocycles. The number of ether oxygens (including phenoxy) is 2. The van der Waals surface area contributed by atoms with Crippen LogP contribution >= 0.6 is 0 Å². The van der Waals surface area contributed by atoms with Gasteiger partial charge in [0.15, 0.2) is 11.5 Å². The van der Waals surface area contributed by atoms with Crippen LogP contribution in [-0.2, 0) is 5.41 Å². The molecule has 2 aromatic carbocycles. The highest BCUT2D eigenvalue weighted by Crippen LogP contribution is 2.34. The lowest BCUT2D eigenvalue weighted by Gasteiger charge is -2.25. The summed E-state index contributed by atoms with van der Waals surface area (Å²) in [5.74, 6) is 2.79. The first-order valence-corrected chi connectivity index (χ1v) is 9.07. The summed E-state index contributed by atoms with van der Waals surface area (Å²) >= 11 is 0. The summed E-state index contributed by atoms with van der Waals surface area (Å²) < 4.78 is 13.2. The van der Waals surface area contributed by atoms with E-state index >= 15 is 0 Å². The largest absolute Gasteiger partial charge is 0.486 e. The highest BCUT2D eigenvalue weighted by Gasteiger charge is 2.21. The van der Waals surface area contributed by atoms with Gasteiger partial charge in [-0.2, -0.15) is 4.98 Å². The van der Waals surface area contributed by atoms with Gasteiger partial charge in [-0.15, -0.1) is 0 Å². The molecule has 2 N–H and O–H groups in total. The van der Waals surface area contributed by atoms with Crippen molar-refractivity contribution in [1.82, 2.24) is 19.6 Å². The van der Waals surface area contributed by atoms with Crippen molar-refractivity contribution in [2.75, 3.05) is 25.1 Å². The van der Waals surface area contributed by atoms with Crippen molar-refractivity contribution in [2.24, 2.45) is 0 Å². The number of nitrogens with one attached hydrogen (secondary N) is 2. The minimum atomic E-state index is -0.0253. The van der Waals surface area contributed by atoms with Crippen LogP contribution in [-0.4, -0.2) is 39.3 Å². The molecule has 0 saturated heterocycles. The third-order valence-electron chi connectivity index (χ3n) is 4.98. The van der Waals surface area contributed by atoms with Gasteiger partial charge in [0.2, 0.25) is 5.95 Å². The molecule has 0 spiro atoms. The summed E-state index contributed by atoms with van der Waals surface area (Å²) in [6.07, 6.45) is 0. The van der Waals surface area contributed by atoms with E-state index in [1.807, 2.05) is 22.7 Å². The lowest BCUT2D eigenvalue weighted by molar-refractivity contribution is 0.172. The van der Waals surface area contributed by atoms with Crippen LogP contribution in [0.25, 0.3) is 16.8 Å². The number of benzene rings is 2. The van der Waals surface area contributed by atoms with Crippen molar-refractivity contribution in [3.05, 3.63) is 48.0 Å². The first-order chi connectivity index (χ1) is 13.1. The molecular formula is C20H21N5O2. The topological polar surface area (TPSA) is 76.5 Å². The van der Waals surface area contributed by atoms with Gasteiger partial charge in [0.25, 0.3) is 5.78 Å². The van der Waals surface area contributed by atoms with Gasteiger partial charge in [0.05, 0.1) is 11.0 Å². The molecule has 5 rings (SSSR count). The normalized spacial score (nSPS) is 14.0. The summed E-state index contributed by atoms with van der Waals surface area (Å²) in [5, 5.41) is 6.69. The monoisotopic (exact) mass is 363 g/mol. The molecule has 7 nitrogen and oxygen atoms in total. The average Bonchev–Trinajstić information content (AvgIpc) is 3.23. The van der Waals surface area contributed by atoms with Gasteiger partial charge in [-0.3, -0.25) is 5.10 Å². The average molecular weight is 363 g/mol. The van der Waals surface area contributed by atoms with Gasteiger partial charge < -0.3 is 14.8 Å². The van der Waals surface area contributed by atoms with Crippen LogP contribution in [0.15, 0.2) is 42.5 Å². The van der Waals surface area contributed by atoms with Crippen molar-refractivity contribution in [3.8, 4) is 11.5 Å².